The Bertz CT molecular complexity index is 653. The summed E-state index contributed by atoms with van der Waals surface area (Å²) in [6, 6.07) is 3.84. The van der Waals surface area contributed by atoms with E-state index in [4.69, 9.17) is 15.9 Å². The largest absolute Gasteiger partial charge is 0.452 e. The maximum atomic E-state index is 11.9. The molecular formula is C15H17N3O6. The van der Waals surface area contributed by atoms with E-state index in [-0.39, 0.29) is 23.5 Å². The van der Waals surface area contributed by atoms with E-state index in [0.29, 0.717) is 13.2 Å². The molecule has 0 heterocycles. The van der Waals surface area contributed by atoms with Crippen LogP contribution in [0.3, 0.4) is 0 Å². The molecular weight excluding hydrogens is 318 g/mol. The molecule has 0 radical (unpaired) electrons. The first-order valence-corrected chi connectivity index (χ1v) is 6.88. The molecule has 0 atom stereocenters. The van der Waals surface area contributed by atoms with Crippen molar-refractivity contribution in [3.8, 4) is 12.3 Å². The lowest BCUT2D eigenvalue weighted by atomic mass is 10.1. The van der Waals surface area contributed by atoms with Crippen molar-refractivity contribution in [3.63, 3.8) is 0 Å². The number of esters is 1. The highest BCUT2D eigenvalue weighted by Crippen LogP contribution is 2.25. The molecule has 0 fully saturated rings. The van der Waals surface area contributed by atoms with E-state index >= 15 is 0 Å². The van der Waals surface area contributed by atoms with Gasteiger partial charge in [-0.2, -0.15) is 0 Å². The van der Waals surface area contributed by atoms with Crippen LogP contribution in [-0.4, -0.2) is 50.2 Å². The Morgan fingerprint density at radius 3 is 2.79 bits per heavy atom. The number of methoxy groups -OCH3 is 1. The summed E-state index contributed by atoms with van der Waals surface area (Å²) in [4.78, 5) is 33.7. The fourth-order valence-corrected chi connectivity index (χ4v) is 1.66. The van der Waals surface area contributed by atoms with Gasteiger partial charge in [0.2, 0.25) is 0 Å². The maximum absolute atomic E-state index is 11.9. The summed E-state index contributed by atoms with van der Waals surface area (Å²) in [7, 11) is 1.51. The van der Waals surface area contributed by atoms with Gasteiger partial charge in [0, 0.05) is 19.7 Å². The van der Waals surface area contributed by atoms with E-state index < -0.39 is 23.4 Å². The number of hydrogen-bond acceptors (Lipinski definition) is 7. The van der Waals surface area contributed by atoms with Gasteiger partial charge in [-0.25, -0.2) is 4.79 Å². The van der Waals surface area contributed by atoms with E-state index in [0.717, 1.165) is 6.07 Å². The number of nitro groups is 1. The third-order valence-electron chi connectivity index (χ3n) is 2.77. The lowest BCUT2D eigenvalue weighted by Crippen LogP contribution is -2.29. The second-order valence-corrected chi connectivity index (χ2v) is 4.47. The summed E-state index contributed by atoms with van der Waals surface area (Å²) < 4.78 is 9.63. The van der Waals surface area contributed by atoms with Crippen LogP contribution in [0, 0.1) is 22.5 Å². The van der Waals surface area contributed by atoms with Gasteiger partial charge in [-0.1, -0.05) is 5.92 Å². The number of benzene rings is 1. The summed E-state index contributed by atoms with van der Waals surface area (Å²) >= 11 is 0. The molecule has 9 heteroatoms. The van der Waals surface area contributed by atoms with Gasteiger partial charge < -0.3 is 20.1 Å². The minimum Gasteiger partial charge on any atom is -0.452 e. The van der Waals surface area contributed by atoms with Crippen LogP contribution in [0.4, 0.5) is 11.4 Å². The molecule has 0 bridgehead atoms. The Kier molecular flexibility index (Phi) is 7.73. The molecule has 2 N–H and O–H groups in total. The van der Waals surface area contributed by atoms with E-state index in [1.807, 2.05) is 0 Å². The number of nitro benzene ring substituents is 1. The van der Waals surface area contributed by atoms with Crippen molar-refractivity contribution in [2.75, 3.05) is 38.7 Å². The summed E-state index contributed by atoms with van der Waals surface area (Å²) in [5.41, 5.74) is -0.0681. The highest BCUT2D eigenvalue weighted by molar-refractivity contribution is 5.93. The predicted octanol–water partition coefficient (Wildman–Crippen LogP) is 0.559. The number of hydrogen-bond donors (Lipinski definition) is 2. The van der Waals surface area contributed by atoms with Gasteiger partial charge in [0.15, 0.2) is 6.61 Å². The van der Waals surface area contributed by atoms with Gasteiger partial charge in [0.25, 0.3) is 11.6 Å². The van der Waals surface area contributed by atoms with Crippen LogP contribution in [0.5, 0.6) is 0 Å². The number of anilines is 1. The van der Waals surface area contributed by atoms with Crippen LogP contribution in [-0.2, 0) is 14.3 Å². The van der Waals surface area contributed by atoms with Crippen LogP contribution in [0.2, 0.25) is 0 Å². The van der Waals surface area contributed by atoms with E-state index in [1.165, 1.54) is 19.2 Å². The minimum atomic E-state index is -0.850. The normalized spacial score (nSPS) is 9.67. The predicted molar refractivity (Wildman–Crippen MR) is 85.6 cm³/mol. The zero-order valence-corrected chi connectivity index (χ0v) is 13.0. The molecule has 1 aromatic carbocycles. The first-order chi connectivity index (χ1) is 11.5. The lowest BCUT2D eigenvalue weighted by molar-refractivity contribution is -0.384. The first kappa shape index (κ1) is 18.9. The fraction of sp³-hybridized carbons (Fsp3) is 0.333. The van der Waals surface area contributed by atoms with Gasteiger partial charge in [0.05, 0.1) is 23.6 Å². The molecule has 0 saturated carbocycles. The Labute approximate surface area is 138 Å². The van der Waals surface area contributed by atoms with Crippen molar-refractivity contribution in [2.24, 2.45) is 0 Å². The Morgan fingerprint density at radius 2 is 2.17 bits per heavy atom. The number of nitrogens with one attached hydrogen (secondary N) is 2. The number of amides is 1. The summed E-state index contributed by atoms with van der Waals surface area (Å²) in [6.45, 7) is 0.232. The third kappa shape index (κ3) is 5.94. The molecule has 9 nitrogen and oxygen atoms in total. The summed E-state index contributed by atoms with van der Waals surface area (Å²) in [5.74, 6) is 0.791. The van der Waals surface area contributed by atoms with Crippen molar-refractivity contribution in [2.45, 2.75) is 0 Å². The molecule has 24 heavy (non-hydrogen) atoms. The smallest absolute Gasteiger partial charge is 0.338 e. The highest BCUT2D eigenvalue weighted by Gasteiger charge is 2.18. The second kappa shape index (κ2) is 9.81. The molecule has 0 aliphatic carbocycles. The number of carbonyl (C=O) groups excluding carboxylic acids is 2. The van der Waals surface area contributed by atoms with Crippen LogP contribution in [0.25, 0.3) is 0 Å². The molecule has 0 saturated heterocycles. The van der Waals surface area contributed by atoms with Crippen LogP contribution in [0.1, 0.15) is 10.4 Å². The van der Waals surface area contributed by atoms with Crippen molar-refractivity contribution in [1.82, 2.24) is 5.32 Å². The fourth-order valence-electron chi connectivity index (χ4n) is 1.66. The molecule has 128 valence electrons. The van der Waals surface area contributed by atoms with Gasteiger partial charge in [-0.05, 0) is 12.1 Å². The Hall–Kier alpha value is -3.12. The van der Waals surface area contributed by atoms with Gasteiger partial charge in [0.1, 0.15) is 5.69 Å². The summed E-state index contributed by atoms with van der Waals surface area (Å²) in [6.07, 6.45) is 4.98. The monoisotopic (exact) mass is 335 g/mol. The van der Waals surface area contributed by atoms with Crippen molar-refractivity contribution < 1.29 is 24.0 Å². The van der Waals surface area contributed by atoms with Gasteiger partial charge in [-0.3, -0.25) is 14.9 Å². The highest BCUT2D eigenvalue weighted by atomic mass is 16.6. The molecule has 0 unspecified atom stereocenters. The number of terminal acetylenes is 1. The second-order valence-electron chi connectivity index (χ2n) is 4.47. The molecule has 0 aliphatic rings. The number of nitrogens with zero attached hydrogens (tertiary/aromatic N) is 1. The van der Waals surface area contributed by atoms with E-state index in [2.05, 4.69) is 16.6 Å². The number of rotatable bonds is 9. The average molecular weight is 335 g/mol. The summed E-state index contributed by atoms with van der Waals surface area (Å²) in [5, 5.41) is 16.3. The Morgan fingerprint density at radius 1 is 1.42 bits per heavy atom. The quantitative estimate of drug-likeness (QED) is 0.222. The molecule has 0 aliphatic heterocycles. The van der Waals surface area contributed by atoms with Crippen molar-refractivity contribution >= 4 is 23.3 Å². The zero-order valence-electron chi connectivity index (χ0n) is 13.0. The standard InChI is InChI=1S/C15H17N3O6/c1-3-6-17-14(19)10-24-15(20)11-4-5-12(16-7-8-23-2)13(9-11)18(21)22/h1,4-5,9,16H,6-8,10H2,2H3,(H,17,19). The molecule has 0 aromatic heterocycles. The van der Waals surface area contributed by atoms with Gasteiger partial charge >= 0.3 is 5.97 Å². The minimum absolute atomic E-state index is 0.0176. The topological polar surface area (TPSA) is 120 Å². The molecule has 1 rings (SSSR count). The average Bonchev–Trinajstić information content (AvgIpc) is 2.58. The molecule has 1 amide bonds. The maximum Gasteiger partial charge on any atom is 0.338 e. The number of carbonyl (C=O) groups is 2. The Balaban J connectivity index is 2.76. The van der Waals surface area contributed by atoms with E-state index in [9.17, 15) is 19.7 Å². The molecule has 0 spiro atoms. The van der Waals surface area contributed by atoms with Crippen LogP contribution in [0.15, 0.2) is 18.2 Å². The van der Waals surface area contributed by atoms with Crippen molar-refractivity contribution in [3.05, 3.63) is 33.9 Å². The van der Waals surface area contributed by atoms with Crippen LogP contribution < -0.4 is 10.6 Å². The van der Waals surface area contributed by atoms with Crippen LogP contribution >= 0.6 is 0 Å². The number of ether oxygens (including phenoxy) is 2. The lowest BCUT2D eigenvalue weighted by Gasteiger charge is -2.08. The zero-order chi connectivity index (χ0) is 17.9. The SMILES string of the molecule is C#CCNC(=O)COC(=O)c1ccc(NCCOC)c([N+](=O)[O-])c1. The van der Waals surface area contributed by atoms with Crippen molar-refractivity contribution in [1.29, 1.82) is 0 Å². The van der Waals surface area contributed by atoms with Gasteiger partial charge in [-0.15, -0.1) is 6.42 Å². The third-order valence-corrected chi connectivity index (χ3v) is 2.77. The van der Waals surface area contributed by atoms with E-state index in [1.54, 1.807) is 0 Å². The first-order valence-electron chi connectivity index (χ1n) is 6.88. The molecule has 1 aromatic rings.